The van der Waals surface area contributed by atoms with Crippen LogP contribution < -0.4 is 0 Å². The van der Waals surface area contributed by atoms with E-state index in [-0.39, 0.29) is 19.3 Å². The lowest BCUT2D eigenvalue weighted by Gasteiger charge is -2.34. The van der Waals surface area contributed by atoms with Gasteiger partial charge in [-0.3, -0.25) is 4.90 Å². The van der Waals surface area contributed by atoms with Crippen molar-refractivity contribution in [3.63, 3.8) is 0 Å². The van der Waals surface area contributed by atoms with Gasteiger partial charge in [0.05, 0.1) is 37.5 Å². The van der Waals surface area contributed by atoms with E-state index in [4.69, 9.17) is 0 Å². The van der Waals surface area contributed by atoms with Gasteiger partial charge in [-0.15, -0.1) is 0 Å². The first kappa shape index (κ1) is 14.4. The molecule has 1 aromatic rings. The highest BCUT2D eigenvalue weighted by molar-refractivity contribution is 5.20. The first-order chi connectivity index (χ1) is 9.11. The van der Waals surface area contributed by atoms with Crippen molar-refractivity contribution in [2.24, 2.45) is 0 Å². The van der Waals surface area contributed by atoms with Gasteiger partial charge in [0, 0.05) is 6.04 Å². The number of rotatable bonds is 4. The highest BCUT2D eigenvalue weighted by Crippen LogP contribution is 2.33. The van der Waals surface area contributed by atoms with Crippen molar-refractivity contribution in [1.82, 2.24) is 4.90 Å². The van der Waals surface area contributed by atoms with Gasteiger partial charge in [0.1, 0.15) is 0 Å². The van der Waals surface area contributed by atoms with Gasteiger partial charge in [-0.1, -0.05) is 30.3 Å². The van der Waals surface area contributed by atoms with Crippen LogP contribution in [0.15, 0.2) is 30.3 Å². The summed E-state index contributed by atoms with van der Waals surface area (Å²) in [5, 5.41) is 38.8. The van der Waals surface area contributed by atoms with Gasteiger partial charge < -0.3 is 20.4 Å². The van der Waals surface area contributed by atoms with Crippen LogP contribution in [-0.2, 0) is 0 Å². The lowest BCUT2D eigenvalue weighted by Crippen LogP contribution is -2.44. The average molecular weight is 267 g/mol. The van der Waals surface area contributed by atoms with Crippen LogP contribution in [-0.4, -0.2) is 62.8 Å². The van der Waals surface area contributed by atoms with Crippen LogP contribution in [0.3, 0.4) is 0 Å². The van der Waals surface area contributed by atoms with Crippen molar-refractivity contribution in [2.45, 2.75) is 37.3 Å². The standard InChI is InChI=1S/C14H21NO4/c1-9(10-5-3-2-4-6-10)15-11(7-16)13(18)14(19)12(15)8-17/h2-6,9,11-14,16-19H,7-8H2,1H3/t9-,11-,12?,13-,14-/m1/s1. The second kappa shape index (κ2) is 5.98. The maximum Gasteiger partial charge on any atom is 0.0992 e. The molecule has 2 rings (SSSR count). The molecule has 1 heterocycles. The van der Waals surface area contributed by atoms with Crippen LogP contribution in [0, 0.1) is 0 Å². The number of likely N-dealkylation sites (tertiary alicyclic amines) is 1. The Kier molecular flexibility index (Phi) is 4.54. The van der Waals surface area contributed by atoms with E-state index in [0.717, 1.165) is 5.56 Å². The van der Waals surface area contributed by atoms with Crippen molar-refractivity contribution in [1.29, 1.82) is 0 Å². The Labute approximate surface area is 112 Å². The highest BCUT2D eigenvalue weighted by Gasteiger charge is 2.48. The number of hydrogen-bond donors (Lipinski definition) is 4. The molecule has 0 aromatic heterocycles. The lowest BCUT2D eigenvalue weighted by molar-refractivity contribution is 0.0130. The van der Waals surface area contributed by atoms with Crippen LogP contribution in [0.25, 0.3) is 0 Å². The third kappa shape index (κ3) is 2.52. The van der Waals surface area contributed by atoms with Gasteiger partial charge in [0.25, 0.3) is 0 Å². The van der Waals surface area contributed by atoms with E-state index >= 15 is 0 Å². The molecule has 5 heteroatoms. The normalized spacial score (nSPS) is 33.5. The van der Waals surface area contributed by atoms with E-state index in [0.29, 0.717) is 0 Å². The third-order valence-corrected chi connectivity index (χ3v) is 4.01. The van der Waals surface area contributed by atoms with Gasteiger partial charge in [-0.25, -0.2) is 0 Å². The van der Waals surface area contributed by atoms with Crippen LogP contribution in [0.5, 0.6) is 0 Å². The minimum Gasteiger partial charge on any atom is -0.395 e. The fourth-order valence-electron chi connectivity index (χ4n) is 2.94. The van der Waals surface area contributed by atoms with Crippen LogP contribution in [0.4, 0.5) is 0 Å². The molecule has 0 radical (unpaired) electrons. The van der Waals surface area contributed by atoms with Gasteiger partial charge in [0.15, 0.2) is 0 Å². The molecular weight excluding hydrogens is 246 g/mol. The van der Waals surface area contributed by atoms with Crippen molar-refractivity contribution in [2.75, 3.05) is 13.2 Å². The lowest BCUT2D eigenvalue weighted by atomic mass is 10.1. The van der Waals surface area contributed by atoms with Gasteiger partial charge in [0.2, 0.25) is 0 Å². The molecule has 0 spiro atoms. The molecule has 1 unspecified atom stereocenters. The summed E-state index contributed by atoms with van der Waals surface area (Å²) in [6.45, 7) is 1.42. The summed E-state index contributed by atoms with van der Waals surface area (Å²) in [5.74, 6) is 0. The Bertz CT molecular complexity index is 384. The van der Waals surface area contributed by atoms with Crippen LogP contribution >= 0.6 is 0 Å². The topological polar surface area (TPSA) is 84.2 Å². The fraction of sp³-hybridized carbons (Fsp3) is 0.571. The molecule has 1 saturated heterocycles. The summed E-state index contributed by atoms with van der Waals surface area (Å²) in [6, 6.07) is 8.39. The Morgan fingerprint density at radius 3 is 1.89 bits per heavy atom. The molecule has 1 fully saturated rings. The molecule has 5 atom stereocenters. The van der Waals surface area contributed by atoms with Gasteiger partial charge in [-0.2, -0.15) is 0 Å². The predicted molar refractivity (Wildman–Crippen MR) is 70.5 cm³/mol. The molecule has 0 aliphatic carbocycles. The second-order valence-electron chi connectivity index (χ2n) is 5.01. The zero-order valence-electron chi connectivity index (χ0n) is 10.9. The van der Waals surface area contributed by atoms with Crippen LogP contribution in [0.1, 0.15) is 18.5 Å². The molecule has 0 amide bonds. The molecule has 19 heavy (non-hydrogen) atoms. The maximum atomic E-state index is 9.96. The molecule has 5 nitrogen and oxygen atoms in total. The van der Waals surface area contributed by atoms with Gasteiger partial charge in [-0.05, 0) is 12.5 Å². The summed E-state index contributed by atoms with van der Waals surface area (Å²) in [5.41, 5.74) is 1.01. The third-order valence-electron chi connectivity index (χ3n) is 4.01. The number of benzene rings is 1. The Hall–Kier alpha value is -0.980. The van der Waals surface area contributed by atoms with Crippen molar-refractivity contribution in [3.8, 4) is 0 Å². The highest BCUT2D eigenvalue weighted by atomic mass is 16.3. The van der Waals surface area contributed by atoms with Gasteiger partial charge >= 0.3 is 0 Å². The van der Waals surface area contributed by atoms with E-state index in [1.165, 1.54) is 0 Å². The van der Waals surface area contributed by atoms with Crippen molar-refractivity contribution >= 4 is 0 Å². The molecule has 106 valence electrons. The molecule has 4 N–H and O–H groups in total. The summed E-state index contributed by atoms with van der Waals surface area (Å²) in [4.78, 5) is 1.80. The fourth-order valence-corrected chi connectivity index (χ4v) is 2.94. The maximum absolute atomic E-state index is 9.96. The Morgan fingerprint density at radius 2 is 1.47 bits per heavy atom. The minimum absolute atomic E-state index is 0.109. The molecular formula is C14H21NO4. The van der Waals surface area contributed by atoms with Crippen LogP contribution in [0.2, 0.25) is 0 Å². The first-order valence-corrected chi connectivity index (χ1v) is 6.52. The number of hydrogen-bond acceptors (Lipinski definition) is 5. The number of aliphatic hydroxyl groups excluding tert-OH is 4. The predicted octanol–water partition coefficient (Wildman–Crippen LogP) is -0.493. The Balaban J connectivity index is 2.29. The van der Waals surface area contributed by atoms with Crippen molar-refractivity contribution < 1.29 is 20.4 Å². The summed E-state index contributed by atoms with van der Waals surface area (Å²) < 4.78 is 0. The zero-order valence-corrected chi connectivity index (χ0v) is 10.9. The SMILES string of the molecule is C[C@H](c1ccccc1)N1C(CO)[C@@H](O)[C@H](O)[C@H]1CO. The van der Waals surface area contributed by atoms with E-state index in [9.17, 15) is 20.4 Å². The zero-order chi connectivity index (χ0) is 14.0. The number of nitrogens with zero attached hydrogens (tertiary/aromatic N) is 1. The van der Waals surface area contributed by atoms with E-state index in [1.54, 1.807) is 4.90 Å². The average Bonchev–Trinajstić information content (AvgIpc) is 2.70. The summed E-state index contributed by atoms with van der Waals surface area (Å²) in [6.07, 6.45) is -2.10. The molecule has 0 saturated carbocycles. The van der Waals surface area contributed by atoms with E-state index in [2.05, 4.69) is 0 Å². The van der Waals surface area contributed by atoms with E-state index in [1.807, 2.05) is 37.3 Å². The molecule has 1 aromatic carbocycles. The minimum atomic E-state index is -1.05. The summed E-state index contributed by atoms with van der Waals surface area (Å²) >= 11 is 0. The monoisotopic (exact) mass is 267 g/mol. The Morgan fingerprint density at radius 1 is 1.00 bits per heavy atom. The molecule has 1 aliphatic heterocycles. The smallest absolute Gasteiger partial charge is 0.0992 e. The molecule has 1 aliphatic rings. The number of aliphatic hydroxyl groups is 4. The van der Waals surface area contributed by atoms with Crippen molar-refractivity contribution in [3.05, 3.63) is 35.9 Å². The van der Waals surface area contributed by atoms with E-state index < -0.39 is 24.3 Å². The molecule has 0 bridgehead atoms. The first-order valence-electron chi connectivity index (χ1n) is 6.52. The second-order valence-corrected chi connectivity index (χ2v) is 5.01. The quantitative estimate of drug-likeness (QED) is 0.591. The summed E-state index contributed by atoms with van der Waals surface area (Å²) in [7, 11) is 0. The largest absolute Gasteiger partial charge is 0.395 e.